The maximum atomic E-state index is 12.2. The fourth-order valence-corrected chi connectivity index (χ4v) is 3.16. The number of benzene rings is 1. The Labute approximate surface area is 171 Å². The number of carboxylic acid groups (broad SMARTS) is 1. The summed E-state index contributed by atoms with van der Waals surface area (Å²) in [6, 6.07) is 10.1. The molecular weight excluding hydrogens is 394 g/mol. The first-order valence-corrected chi connectivity index (χ1v) is 9.22. The van der Waals surface area contributed by atoms with E-state index < -0.39 is 5.97 Å². The molecule has 2 aromatic heterocycles. The first-order valence-electron chi connectivity index (χ1n) is 8.84. The van der Waals surface area contributed by atoms with Crippen molar-refractivity contribution < 1.29 is 9.90 Å². The van der Waals surface area contributed by atoms with Crippen LogP contribution < -0.4 is 16.2 Å². The molecule has 1 aromatic carbocycles. The Balaban J connectivity index is 2.12. The van der Waals surface area contributed by atoms with E-state index in [2.05, 4.69) is 15.6 Å². The summed E-state index contributed by atoms with van der Waals surface area (Å²) in [7, 11) is 1.69. The van der Waals surface area contributed by atoms with Gasteiger partial charge in [-0.3, -0.25) is 4.79 Å². The SMILES string of the molecule is CCCNc1cc(=O)n(C)c2ccc(Nc3cc(C(=O)O)nc(Cl)c3C#N)cc12. The molecule has 0 bridgehead atoms. The lowest BCUT2D eigenvalue weighted by Crippen LogP contribution is -2.17. The van der Waals surface area contributed by atoms with Gasteiger partial charge in [-0.15, -0.1) is 0 Å². The summed E-state index contributed by atoms with van der Waals surface area (Å²) in [6.07, 6.45) is 0.896. The van der Waals surface area contributed by atoms with Crippen LogP contribution in [0.4, 0.5) is 17.1 Å². The summed E-state index contributed by atoms with van der Waals surface area (Å²) < 4.78 is 1.54. The van der Waals surface area contributed by atoms with Gasteiger partial charge in [-0.1, -0.05) is 18.5 Å². The third-order valence-electron chi connectivity index (χ3n) is 4.40. The predicted molar refractivity (Wildman–Crippen MR) is 112 cm³/mol. The van der Waals surface area contributed by atoms with Crippen LogP contribution in [0.3, 0.4) is 0 Å². The van der Waals surface area contributed by atoms with Crippen LogP contribution in [0.5, 0.6) is 0 Å². The third-order valence-corrected chi connectivity index (χ3v) is 4.67. The van der Waals surface area contributed by atoms with Gasteiger partial charge in [-0.05, 0) is 30.7 Å². The van der Waals surface area contributed by atoms with Crippen LogP contribution in [0, 0.1) is 11.3 Å². The molecule has 0 aliphatic rings. The van der Waals surface area contributed by atoms with Crippen molar-refractivity contribution >= 4 is 45.5 Å². The fraction of sp³-hybridized carbons (Fsp3) is 0.200. The molecule has 0 aliphatic heterocycles. The summed E-state index contributed by atoms with van der Waals surface area (Å²) in [5, 5.41) is 25.5. The van der Waals surface area contributed by atoms with Gasteiger partial charge in [0.2, 0.25) is 0 Å². The number of hydrogen-bond acceptors (Lipinski definition) is 6. The molecule has 3 N–H and O–H groups in total. The molecule has 0 saturated heterocycles. The molecular formula is C20H18ClN5O3. The Morgan fingerprint density at radius 1 is 1.31 bits per heavy atom. The van der Waals surface area contributed by atoms with Crippen molar-refractivity contribution in [3.05, 3.63) is 57.1 Å². The van der Waals surface area contributed by atoms with Crippen molar-refractivity contribution in [1.82, 2.24) is 9.55 Å². The Morgan fingerprint density at radius 2 is 2.07 bits per heavy atom. The molecule has 2 heterocycles. The molecule has 3 rings (SSSR count). The molecule has 0 atom stereocenters. The van der Waals surface area contributed by atoms with E-state index in [1.807, 2.05) is 19.1 Å². The highest BCUT2D eigenvalue weighted by atomic mass is 35.5. The first kappa shape index (κ1) is 20.2. The molecule has 8 nitrogen and oxygen atoms in total. The van der Waals surface area contributed by atoms with Gasteiger partial charge in [0.1, 0.15) is 16.8 Å². The van der Waals surface area contributed by atoms with Gasteiger partial charge in [0, 0.05) is 36.4 Å². The van der Waals surface area contributed by atoms with Gasteiger partial charge in [0.05, 0.1) is 11.2 Å². The van der Waals surface area contributed by atoms with E-state index in [1.54, 1.807) is 23.7 Å². The Kier molecular flexibility index (Phi) is 5.71. The molecule has 9 heteroatoms. The van der Waals surface area contributed by atoms with Crippen molar-refractivity contribution in [3.8, 4) is 6.07 Å². The van der Waals surface area contributed by atoms with E-state index in [9.17, 15) is 20.0 Å². The normalized spacial score (nSPS) is 10.6. The summed E-state index contributed by atoms with van der Waals surface area (Å²) in [6.45, 7) is 2.74. The van der Waals surface area contributed by atoms with Crippen molar-refractivity contribution in [3.63, 3.8) is 0 Å². The van der Waals surface area contributed by atoms with E-state index >= 15 is 0 Å². The van der Waals surface area contributed by atoms with Crippen LogP contribution in [-0.2, 0) is 7.05 Å². The molecule has 0 aliphatic carbocycles. The zero-order valence-electron chi connectivity index (χ0n) is 15.8. The molecule has 0 spiro atoms. The maximum absolute atomic E-state index is 12.2. The molecule has 0 amide bonds. The zero-order valence-corrected chi connectivity index (χ0v) is 16.5. The van der Waals surface area contributed by atoms with Gasteiger partial charge in [0.25, 0.3) is 5.56 Å². The minimum atomic E-state index is -1.25. The quantitative estimate of drug-likeness (QED) is 0.528. The largest absolute Gasteiger partial charge is 0.477 e. The van der Waals surface area contributed by atoms with Crippen LogP contribution in [0.1, 0.15) is 29.4 Å². The monoisotopic (exact) mass is 411 g/mol. The number of nitrogens with zero attached hydrogens (tertiary/aromatic N) is 3. The second-order valence-electron chi connectivity index (χ2n) is 6.38. The highest BCUT2D eigenvalue weighted by molar-refractivity contribution is 6.31. The predicted octanol–water partition coefficient (Wildman–Crippen LogP) is 3.72. The highest BCUT2D eigenvalue weighted by Crippen LogP contribution is 2.30. The van der Waals surface area contributed by atoms with E-state index in [-0.39, 0.29) is 27.7 Å². The average Bonchev–Trinajstić information content (AvgIpc) is 2.69. The van der Waals surface area contributed by atoms with Gasteiger partial charge >= 0.3 is 5.97 Å². The fourth-order valence-electron chi connectivity index (χ4n) is 2.93. The van der Waals surface area contributed by atoms with E-state index in [0.29, 0.717) is 17.9 Å². The van der Waals surface area contributed by atoms with Crippen LogP contribution in [0.2, 0.25) is 5.15 Å². The molecule has 0 radical (unpaired) electrons. The average molecular weight is 412 g/mol. The number of rotatable bonds is 6. The summed E-state index contributed by atoms with van der Waals surface area (Å²) in [4.78, 5) is 27.2. The summed E-state index contributed by atoms with van der Waals surface area (Å²) >= 11 is 5.98. The molecule has 0 unspecified atom stereocenters. The Bertz CT molecular complexity index is 1210. The van der Waals surface area contributed by atoms with E-state index in [4.69, 9.17) is 11.6 Å². The van der Waals surface area contributed by atoms with Crippen molar-refractivity contribution in [1.29, 1.82) is 5.26 Å². The Morgan fingerprint density at radius 3 is 2.72 bits per heavy atom. The standard InChI is InChI=1S/C20H18ClN5O3/c1-3-6-23-14-9-18(27)26(2)17-5-4-11(7-12(14)17)24-15-8-16(20(28)29)25-19(21)13(15)10-22/h4-5,7-9,23H,3,6H2,1-2H3,(H,24,25)(H,28,29). The number of carboxylic acids is 1. The minimum absolute atomic E-state index is 0.0431. The first-order chi connectivity index (χ1) is 13.8. The number of halogens is 1. The number of fused-ring (bicyclic) bond motifs is 1. The summed E-state index contributed by atoms with van der Waals surface area (Å²) in [5.41, 5.74) is 1.92. The van der Waals surface area contributed by atoms with Crippen LogP contribution in [0.25, 0.3) is 10.9 Å². The number of hydrogen-bond donors (Lipinski definition) is 3. The van der Waals surface area contributed by atoms with Gasteiger partial charge in [-0.25, -0.2) is 9.78 Å². The topological polar surface area (TPSA) is 120 Å². The summed E-state index contributed by atoms with van der Waals surface area (Å²) in [5.74, 6) is -1.25. The number of pyridine rings is 2. The molecule has 0 fully saturated rings. The van der Waals surface area contributed by atoms with E-state index in [0.717, 1.165) is 17.3 Å². The molecule has 3 aromatic rings. The van der Waals surface area contributed by atoms with Gasteiger partial charge < -0.3 is 20.3 Å². The maximum Gasteiger partial charge on any atom is 0.354 e. The van der Waals surface area contributed by atoms with Crippen molar-refractivity contribution in [2.45, 2.75) is 13.3 Å². The Hall–Kier alpha value is -3.57. The number of carbonyl (C=O) groups is 1. The molecule has 148 valence electrons. The third kappa shape index (κ3) is 4.00. The minimum Gasteiger partial charge on any atom is -0.477 e. The number of anilines is 3. The van der Waals surface area contributed by atoms with Crippen LogP contribution in [-0.4, -0.2) is 27.2 Å². The lowest BCUT2D eigenvalue weighted by Gasteiger charge is -2.15. The lowest BCUT2D eigenvalue weighted by molar-refractivity contribution is 0.0690. The van der Waals surface area contributed by atoms with Crippen LogP contribution in [0.15, 0.2) is 35.1 Å². The van der Waals surface area contributed by atoms with Gasteiger partial charge in [-0.2, -0.15) is 5.26 Å². The van der Waals surface area contributed by atoms with E-state index in [1.165, 1.54) is 12.1 Å². The van der Waals surface area contributed by atoms with Crippen molar-refractivity contribution in [2.24, 2.45) is 7.05 Å². The molecule has 29 heavy (non-hydrogen) atoms. The molecule has 0 saturated carbocycles. The number of nitrogens with one attached hydrogen (secondary N) is 2. The van der Waals surface area contributed by atoms with Gasteiger partial charge in [0.15, 0.2) is 5.69 Å². The second-order valence-corrected chi connectivity index (χ2v) is 6.73. The number of aromatic carboxylic acids is 1. The van der Waals surface area contributed by atoms with Crippen molar-refractivity contribution in [2.75, 3.05) is 17.2 Å². The highest BCUT2D eigenvalue weighted by Gasteiger charge is 2.16. The smallest absolute Gasteiger partial charge is 0.354 e. The number of aromatic nitrogens is 2. The number of nitriles is 1. The zero-order chi connectivity index (χ0) is 21.1. The lowest BCUT2D eigenvalue weighted by atomic mass is 10.1. The second kappa shape index (κ2) is 8.20. The van der Waals surface area contributed by atoms with Crippen LogP contribution >= 0.6 is 11.6 Å². The number of aryl methyl sites for hydroxylation is 1.